The van der Waals surface area contributed by atoms with Crippen LogP contribution >= 0.6 is 0 Å². The van der Waals surface area contributed by atoms with Crippen LogP contribution in [0.15, 0.2) is 24.4 Å². The van der Waals surface area contributed by atoms with Crippen LogP contribution in [0.3, 0.4) is 0 Å². The van der Waals surface area contributed by atoms with Crippen molar-refractivity contribution in [3.05, 3.63) is 35.5 Å². The summed E-state index contributed by atoms with van der Waals surface area (Å²) in [7, 11) is -1.17. The van der Waals surface area contributed by atoms with E-state index in [2.05, 4.69) is 28.2 Å². The highest BCUT2D eigenvalue weighted by Crippen LogP contribution is 2.26. The lowest BCUT2D eigenvalue weighted by Crippen LogP contribution is -2.33. The lowest BCUT2D eigenvalue weighted by molar-refractivity contribution is 0.141. The van der Waals surface area contributed by atoms with Gasteiger partial charge in [0.25, 0.3) is 0 Å². The molecule has 0 unspecified atom stereocenters. The Hall–Kier alpha value is -1.37. The monoisotopic (exact) mass is 378 g/mol. The highest BCUT2D eigenvalue weighted by atomic mass is 32.2. The van der Waals surface area contributed by atoms with E-state index in [0.29, 0.717) is 12.5 Å². The van der Waals surface area contributed by atoms with E-state index < -0.39 is 9.84 Å². The van der Waals surface area contributed by atoms with Gasteiger partial charge in [-0.2, -0.15) is 0 Å². The van der Waals surface area contributed by atoms with Crippen LogP contribution in [-0.4, -0.2) is 62.7 Å². The van der Waals surface area contributed by atoms with Gasteiger partial charge in [-0.25, -0.2) is 8.42 Å². The molecule has 0 spiro atoms. The number of H-pyrrole nitrogens is 1. The average Bonchev–Trinajstić information content (AvgIpc) is 3.25. The van der Waals surface area contributed by atoms with Gasteiger partial charge in [0, 0.05) is 42.5 Å². The van der Waals surface area contributed by atoms with Crippen LogP contribution in [0.5, 0.6) is 0 Å². The van der Waals surface area contributed by atoms with Gasteiger partial charge in [-0.15, -0.1) is 0 Å². The summed E-state index contributed by atoms with van der Waals surface area (Å²) in [4.78, 5) is 5.90. The number of hydrogen-bond donors (Lipinski definition) is 1. The van der Waals surface area contributed by atoms with Crippen molar-refractivity contribution in [2.75, 3.05) is 38.3 Å². The SMILES string of the molecule is CCS(=O)(=O)CCc1ccc2[nH]cc(C[C@H]3CCCN3CCOC)c2c1. The molecule has 1 N–H and O–H groups in total. The maximum atomic E-state index is 11.8. The van der Waals surface area contributed by atoms with E-state index in [1.54, 1.807) is 14.0 Å². The van der Waals surface area contributed by atoms with Crippen LogP contribution in [0.2, 0.25) is 0 Å². The molecular weight excluding hydrogens is 348 g/mol. The van der Waals surface area contributed by atoms with Crippen molar-refractivity contribution in [2.24, 2.45) is 0 Å². The van der Waals surface area contributed by atoms with Crippen LogP contribution in [0.4, 0.5) is 0 Å². The number of benzene rings is 1. The van der Waals surface area contributed by atoms with E-state index in [1.807, 2.05) is 6.07 Å². The summed E-state index contributed by atoms with van der Waals surface area (Å²) in [5.41, 5.74) is 3.55. The second-order valence-electron chi connectivity index (χ2n) is 7.21. The number of nitrogens with one attached hydrogen (secondary N) is 1. The molecule has 0 bridgehead atoms. The zero-order valence-electron chi connectivity index (χ0n) is 15.8. The fraction of sp³-hybridized carbons (Fsp3) is 0.600. The summed E-state index contributed by atoms with van der Waals surface area (Å²) in [6.07, 6.45) is 6.20. The van der Waals surface area contributed by atoms with E-state index in [4.69, 9.17) is 4.74 Å². The molecule has 1 aliphatic rings. The van der Waals surface area contributed by atoms with Gasteiger partial charge in [0.05, 0.1) is 12.4 Å². The third kappa shape index (κ3) is 4.67. The Bertz CT molecular complexity index is 829. The number of rotatable bonds is 9. The molecule has 2 aromatic rings. The van der Waals surface area contributed by atoms with Crippen LogP contribution in [0.25, 0.3) is 10.9 Å². The van der Waals surface area contributed by atoms with Crippen molar-refractivity contribution in [2.45, 2.75) is 38.6 Å². The Kier molecular flexibility index (Phi) is 6.37. The molecule has 2 heterocycles. The number of aromatic nitrogens is 1. The van der Waals surface area contributed by atoms with Gasteiger partial charge in [-0.1, -0.05) is 13.0 Å². The first-order valence-corrected chi connectivity index (χ1v) is 11.4. The molecule has 1 aliphatic heterocycles. The van der Waals surface area contributed by atoms with E-state index in [-0.39, 0.29) is 11.5 Å². The van der Waals surface area contributed by atoms with E-state index in [1.165, 1.54) is 23.8 Å². The summed E-state index contributed by atoms with van der Waals surface area (Å²) < 4.78 is 28.8. The summed E-state index contributed by atoms with van der Waals surface area (Å²) in [6.45, 7) is 4.63. The fourth-order valence-corrected chi connectivity index (χ4v) is 4.69. The van der Waals surface area contributed by atoms with Crippen LogP contribution in [-0.2, 0) is 27.4 Å². The average molecular weight is 379 g/mol. The summed E-state index contributed by atoms with van der Waals surface area (Å²) in [6, 6.07) is 6.84. The molecule has 0 aliphatic carbocycles. The van der Waals surface area contributed by atoms with E-state index in [0.717, 1.165) is 37.2 Å². The summed E-state index contributed by atoms with van der Waals surface area (Å²) in [5.74, 6) is 0.436. The molecule has 0 saturated carbocycles. The third-order valence-corrected chi connectivity index (χ3v) is 7.22. The van der Waals surface area contributed by atoms with Crippen molar-refractivity contribution < 1.29 is 13.2 Å². The van der Waals surface area contributed by atoms with Crippen molar-refractivity contribution in [3.63, 3.8) is 0 Å². The van der Waals surface area contributed by atoms with Gasteiger partial charge >= 0.3 is 0 Å². The molecule has 6 heteroatoms. The summed E-state index contributed by atoms with van der Waals surface area (Å²) in [5, 5.41) is 1.23. The Morgan fingerprint density at radius 3 is 2.96 bits per heavy atom. The van der Waals surface area contributed by atoms with Gasteiger partial charge < -0.3 is 9.72 Å². The minimum atomic E-state index is -2.93. The van der Waals surface area contributed by atoms with Gasteiger partial charge in [-0.3, -0.25) is 4.90 Å². The number of aryl methyl sites for hydroxylation is 1. The number of aromatic amines is 1. The molecule has 1 atom stereocenters. The molecule has 1 aromatic heterocycles. The van der Waals surface area contributed by atoms with Gasteiger partial charge in [0.1, 0.15) is 9.84 Å². The lowest BCUT2D eigenvalue weighted by Gasteiger charge is -2.23. The molecule has 5 nitrogen and oxygen atoms in total. The van der Waals surface area contributed by atoms with Gasteiger partial charge in [-0.05, 0) is 55.5 Å². The second kappa shape index (κ2) is 8.55. The predicted molar refractivity (Wildman–Crippen MR) is 107 cm³/mol. The lowest BCUT2D eigenvalue weighted by atomic mass is 10.0. The standard InChI is InChI=1S/C20H30N2O3S/c1-3-26(23,24)12-8-16-6-7-20-19(13-16)17(15-21-20)14-18-5-4-9-22(18)10-11-25-2/h6-7,13,15,18,21H,3-5,8-12,14H2,1-2H3/t18-/m1/s1. The van der Waals surface area contributed by atoms with Crippen molar-refractivity contribution in [3.8, 4) is 0 Å². The molecule has 0 amide bonds. The van der Waals surface area contributed by atoms with E-state index >= 15 is 0 Å². The van der Waals surface area contributed by atoms with Crippen LogP contribution < -0.4 is 0 Å². The minimum Gasteiger partial charge on any atom is -0.383 e. The van der Waals surface area contributed by atoms with Gasteiger partial charge in [0.15, 0.2) is 0 Å². The van der Waals surface area contributed by atoms with Crippen molar-refractivity contribution in [1.82, 2.24) is 9.88 Å². The first-order chi connectivity index (χ1) is 12.5. The zero-order valence-corrected chi connectivity index (χ0v) is 16.6. The van der Waals surface area contributed by atoms with Crippen LogP contribution in [0.1, 0.15) is 30.9 Å². The molecule has 3 rings (SSSR count). The third-order valence-electron chi connectivity index (χ3n) is 5.51. The molecule has 1 fully saturated rings. The number of sulfone groups is 1. The largest absolute Gasteiger partial charge is 0.383 e. The van der Waals surface area contributed by atoms with Gasteiger partial charge in [0.2, 0.25) is 0 Å². The molecular formula is C20H30N2O3S. The summed E-state index contributed by atoms with van der Waals surface area (Å²) >= 11 is 0. The van der Waals surface area contributed by atoms with Crippen LogP contribution in [0, 0.1) is 0 Å². The first-order valence-electron chi connectivity index (χ1n) is 9.54. The zero-order chi connectivity index (χ0) is 18.6. The van der Waals surface area contributed by atoms with Crippen molar-refractivity contribution >= 4 is 20.7 Å². The van der Waals surface area contributed by atoms with Crippen molar-refractivity contribution in [1.29, 1.82) is 0 Å². The number of nitrogens with zero attached hydrogens (tertiary/aromatic N) is 1. The quantitative estimate of drug-likeness (QED) is 0.729. The Morgan fingerprint density at radius 2 is 2.19 bits per heavy atom. The van der Waals surface area contributed by atoms with E-state index in [9.17, 15) is 8.42 Å². The molecule has 1 saturated heterocycles. The number of ether oxygens (including phenoxy) is 1. The smallest absolute Gasteiger partial charge is 0.150 e. The maximum Gasteiger partial charge on any atom is 0.150 e. The second-order valence-corrected chi connectivity index (χ2v) is 9.68. The Balaban J connectivity index is 1.73. The number of hydrogen-bond acceptors (Lipinski definition) is 4. The Labute approximate surface area is 156 Å². The number of fused-ring (bicyclic) bond motifs is 1. The maximum absolute atomic E-state index is 11.8. The molecule has 1 aromatic carbocycles. The topological polar surface area (TPSA) is 62.4 Å². The highest BCUT2D eigenvalue weighted by molar-refractivity contribution is 7.91. The first kappa shape index (κ1) is 19.4. The number of methoxy groups -OCH3 is 1. The molecule has 144 valence electrons. The minimum absolute atomic E-state index is 0.212. The highest BCUT2D eigenvalue weighted by Gasteiger charge is 2.25. The Morgan fingerprint density at radius 1 is 1.35 bits per heavy atom. The predicted octanol–water partition coefficient (Wildman–Crippen LogP) is 2.80. The molecule has 26 heavy (non-hydrogen) atoms. The molecule has 0 radical (unpaired) electrons. The normalized spacial score (nSPS) is 18.8. The fourth-order valence-electron chi connectivity index (χ4n) is 3.85. The number of likely N-dealkylation sites (tertiary alicyclic amines) is 1.